The number of nitrogens with zero attached hydrogens (tertiary/aromatic N) is 2. The van der Waals surface area contributed by atoms with Crippen molar-refractivity contribution in [2.45, 2.75) is 66.2 Å². The molecule has 0 radical (unpaired) electrons. The van der Waals surface area contributed by atoms with Gasteiger partial charge >= 0.3 is 5.69 Å². The van der Waals surface area contributed by atoms with Crippen molar-refractivity contribution in [3.63, 3.8) is 0 Å². The second-order valence-electron chi connectivity index (χ2n) is 7.02. The van der Waals surface area contributed by atoms with E-state index in [0.717, 1.165) is 17.4 Å². The molecule has 4 atom stereocenters. The minimum absolute atomic E-state index is 0.0194. The smallest absolute Gasteiger partial charge is 0.332 e. The first-order chi connectivity index (χ1) is 10.1. The van der Waals surface area contributed by atoms with Crippen molar-refractivity contribution in [2.75, 3.05) is 0 Å². The molecule has 0 aliphatic carbocycles. The van der Waals surface area contributed by atoms with Gasteiger partial charge in [0.25, 0.3) is 5.56 Å². The van der Waals surface area contributed by atoms with E-state index in [4.69, 9.17) is 4.74 Å². The van der Waals surface area contributed by atoms with Crippen molar-refractivity contribution in [3.8, 4) is 0 Å². The molecule has 22 heavy (non-hydrogen) atoms. The van der Waals surface area contributed by atoms with Gasteiger partial charge in [-0.05, 0) is 26.7 Å². The van der Waals surface area contributed by atoms with Crippen molar-refractivity contribution in [2.24, 2.45) is 18.4 Å². The molecule has 1 aromatic heterocycles. The topological polar surface area (TPSA) is 53.2 Å². The van der Waals surface area contributed by atoms with Gasteiger partial charge in [-0.1, -0.05) is 27.7 Å². The quantitative estimate of drug-likeness (QED) is 0.862. The van der Waals surface area contributed by atoms with Crippen LogP contribution in [0.15, 0.2) is 15.8 Å². The summed E-state index contributed by atoms with van der Waals surface area (Å²) < 4.78 is 9.14. The van der Waals surface area contributed by atoms with Crippen molar-refractivity contribution in [3.05, 3.63) is 32.6 Å². The minimum atomic E-state index is -0.340. The molecule has 0 amide bonds. The van der Waals surface area contributed by atoms with Crippen LogP contribution in [-0.4, -0.2) is 14.7 Å². The van der Waals surface area contributed by atoms with E-state index in [2.05, 4.69) is 34.6 Å². The molecular formula is C17H28N2O3. The van der Waals surface area contributed by atoms with E-state index in [1.54, 1.807) is 17.7 Å². The SMILES string of the molecule is CC[C@@]1(C)O[C@@H](n2cc(C)c(=O)n(C)c2=O)C(C)[C@]1(C)CC. The highest BCUT2D eigenvalue weighted by atomic mass is 16.5. The fourth-order valence-electron chi connectivity index (χ4n) is 3.81. The van der Waals surface area contributed by atoms with Crippen LogP contribution in [0.5, 0.6) is 0 Å². The van der Waals surface area contributed by atoms with Crippen LogP contribution in [0.3, 0.4) is 0 Å². The first kappa shape index (κ1) is 17.0. The summed E-state index contributed by atoms with van der Waals surface area (Å²) >= 11 is 0. The summed E-state index contributed by atoms with van der Waals surface area (Å²) in [6, 6.07) is 0. The minimum Gasteiger partial charge on any atom is -0.351 e. The van der Waals surface area contributed by atoms with Gasteiger partial charge in [0.05, 0.1) is 5.60 Å². The summed E-state index contributed by atoms with van der Waals surface area (Å²) in [6.07, 6.45) is 3.17. The Balaban J connectivity index is 2.61. The summed E-state index contributed by atoms with van der Waals surface area (Å²) in [5.74, 6) is 0.178. The molecule has 1 fully saturated rings. The molecule has 5 heteroatoms. The van der Waals surface area contributed by atoms with Crippen LogP contribution < -0.4 is 11.2 Å². The first-order valence-corrected chi connectivity index (χ1v) is 8.09. The molecule has 1 unspecified atom stereocenters. The Morgan fingerprint density at radius 1 is 1.23 bits per heavy atom. The zero-order chi connectivity index (χ0) is 16.9. The molecule has 1 aliphatic heterocycles. The van der Waals surface area contributed by atoms with Crippen LogP contribution in [0.1, 0.15) is 59.3 Å². The third-order valence-electron chi connectivity index (χ3n) is 6.19. The molecule has 0 aromatic carbocycles. The maximum Gasteiger partial charge on any atom is 0.332 e. The highest BCUT2D eigenvalue weighted by molar-refractivity contribution is 5.07. The number of ether oxygens (including phenoxy) is 1. The normalized spacial score (nSPS) is 35.0. The predicted molar refractivity (Wildman–Crippen MR) is 87.1 cm³/mol. The van der Waals surface area contributed by atoms with E-state index in [-0.39, 0.29) is 34.4 Å². The number of aryl methyl sites for hydroxylation is 1. The molecule has 2 rings (SSSR count). The Morgan fingerprint density at radius 2 is 1.82 bits per heavy atom. The maximum absolute atomic E-state index is 12.5. The molecule has 0 N–H and O–H groups in total. The monoisotopic (exact) mass is 308 g/mol. The van der Waals surface area contributed by atoms with Crippen LogP contribution in [0.25, 0.3) is 0 Å². The average molecular weight is 308 g/mol. The molecule has 0 spiro atoms. The summed E-state index contributed by atoms with van der Waals surface area (Å²) in [5, 5.41) is 0. The Kier molecular flexibility index (Phi) is 4.15. The van der Waals surface area contributed by atoms with E-state index in [9.17, 15) is 9.59 Å². The Bertz CT molecular complexity index is 690. The van der Waals surface area contributed by atoms with E-state index < -0.39 is 0 Å². The lowest BCUT2D eigenvalue weighted by Crippen LogP contribution is -2.42. The summed E-state index contributed by atoms with van der Waals surface area (Å²) in [4.78, 5) is 24.4. The van der Waals surface area contributed by atoms with Crippen LogP contribution in [0.4, 0.5) is 0 Å². The summed E-state index contributed by atoms with van der Waals surface area (Å²) in [5.41, 5.74) is -0.307. The zero-order valence-electron chi connectivity index (χ0n) is 14.8. The van der Waals surface area contributed by atoms with Crippen molar-refractivity contribution < 1.29 is 4.74 Å². The second kappa shape index (κ2) is 5.37. The fourth-order valence-corrected chi connectivity index (χ4v) is 3.81. The van der Waals surface area contributed by atoms with Crippen molar-refractivity contribution in [1.29, 1.82) is 0 Å². The third-order valence-corrected chi connectivity index (χ3v) is 6.19. The van der Waals surface area contributed by atoms with Gasteiger partial charge < -0.3 is 4.74 Å². The molecule has 2 heterocycles. The Labute approximate surface area is 131 Å². The lowest BCUT2D eigenvalue weighted by atomic mass is 9.65. The second-order valence-corrected chi connectivity index (χ2v) is 7.02. The molecule has 1 aliphatic rings. The molecule has 0 bridgehead atoms. The van der Waals surface area contributed by atoms with Gasteiger partial charge in [-0.25, -0.2) is 4.79 Å². The van der Waals surface area contributed by atoms with Crippen LogP contribution in [0, 0.1) is 18.3 Å². The van der Waals surface area contributed by atoms with Gasteiger partial charge in [0, 0.05) is 30.1 Å². The van der Waals surface area contributed by atoms with Crippen LogP contribution in [-0.2, 0) is 11.8 Å². The Hall–Kier alpha value is -1.36. The average Bonchev–Trinajstić information content (AvgIpc) is 2.71. The highest BCUT2D eigenvalue weighted by Gasteiger charge is 2.57. The van der Waals surface area contributed by atoms with E-state index in [0.29, 0.717) is 5.56 Å². The van der Waals surface area contributed by atoms with E-state index in [1.807, 2.05) is 0 Å². The first-order valence-electron chi connectivity index (χ1n) is 8.09. The predicted octanol–water partition coefficient (Wildman–Crippen LogP) is 2.61. The zero-order valence-corrected chi connectivity index (χ0v) is 14.8. The van der Waals surface area contributed by atoms with Crippen LogP contribution in [0.2, 0.25) is 0 Å². The van der Waals surface area contributed by atoms with Gasteiger partial charge in [-0.15, -0.1) is 0 Å². The Morgan fingerprint density at radius 3 is 2.27 bits per heavy atom. The van der Waals surface area contributed by atoms with Gasteiger partial charge in [-0.2, -0.15) is 0 Å². The molecule has 124 valence electrons. The molecule has 1 saturated heterocycles. The summed E-state index contributed by atoms with van der Waals surface area (Å²) in [6.45, 7) is 12.5. The molecule has 0 saturated carbocycles. The molecule has 5 nitrogen and oxygen atoms in total. The van der Waals surface area contributed by atoms with E-state index in [1.165, 1.54) is 7.05 Å². The van der Waals surface area contributed by atoms with Crippen molar-refractivity contribution >= 4 is 0 Å². The third kappa shape index (κ3) is 2.09. The number of hydrogen-bond acceptors (Lipinski definition) is 3. The summed E-state index contributed by atoms with van der Waals surface area (Å²) in [7, 11) is 1.52. The lowest BCUT2D eigenvalue weighted by Gasteiger charge is -2.40. The largest absolute Gasteiger partial charge is 0.351 e. The van der Waals surface area contributed by atoms with Crippen molar-refractivity contribution in [1.82, 2.24) is 9.13 Å². The fraction of sp³-hybridized carbons (Fsp3) is 0.765. The van der Waals surface area contributed by atoms with Crippen LogP contribution >= 0.6 is 0 Å². The van der Waals surface area contributed by atoms with Gasteiger partial charge in [0.15, 0.2) is 0 Å². The number of aromatic nitrogens is 2. The maximum atomic E-state index is 12.5. The highest BCUT2D eigenvalue weighted by Crippen LogP contribution is 2.57. The van der Waals surface area contributed by atoms with Gasteiger partial charge in [-0.3, -0.25) is 13.9 Å². The number of rotatable bonds is 3. The van der Waals surface area contributed by atoms with Gasteiger partial charge in [0.2, 0.25) is 0 Å². The lowest BCUT2D eigenvalue weighted by molar-refractivity contribution is -0.0970. The molecule has 1 aromatic rings. The van der Waals surface area contributed by atoms with E-state index >= 15 is 0 Å². The number of hydrogen-bond donors (Lipinski definition) is 0. The standard InChI is InChI=1S/C17H28N2O3/c1-8-16(5)12(4)14(22-17(16,6)9-2)19-10-11(3)13(20)18(7)15(19)21/h10,12,14H,8-9H2,1-7H3/t12?,14-,16+,17-/m1/s1. The molecular weight excluding hydrogens is 280 g/mol. The van der Waals surface area contributed by atoms with Gasteiger partial charge in [0.1, 0.15) is 6.23 Å².